The van der Waals surface area contributed by atoms with Gasteiger partial charge in [-0.15, -0.1) is 0 Å². The van der Waals surface area contributed by atoms with Gasteiger partial charge in [0.2, 0.25) is 0 Å². The molecular weight excluding hydrogens is 306 g/mol. The second-order valence-corrected chi connectivity index (χ2v) is 6.15. The summed E-state index contributed by atoms with van der Waals surface area (Å²) >= 11 is 0. The predicted molar refractivity (Wildman–Crippen MR) is 90.5 cm³/mol. The smallest absolute Gasteiger partial charge is 0.339 e. The number of rotatable bonds is 6. The highest BCUT2D eigenvalue weighted by Crippen LogP contribution is 2.27. The van der Waals surface area contributed by atoms with E-state index < -0.39 is 5.97 Å². The van der Waals surface area contributed by atoms with E-state index in [0.29, 0.717) is 18.3 Å². The minimum Gasteiger partial charge on any atom is -0.491 e. The Hall–Kier alpha value is -2.34. The Morgan fingerprint density at radius 1 is 1.29 bits per heavy atom. The van der Waals surface area contributed by atoms with Crippen molar-refractivity contribution in [1.29, 1.82) is 0 Å². The van der Waals surface area contributed by atoms with Crippen LogP contribution in [-0.2, 0) is 7.05 Å². The molecule has 0 radical (unpaired) electrons. The molecule has 0 atom stereocenters. The molecule has 6 nitrogen and oxygen atoms in total. The zero-order valence-corrected chi connectivity index (χ0v) is 13.9. The Bertz CT molecular complexity index is 690. The SMILES string of the molecule is Cn1nccc1C1CCN(CCOc2ccccc2C(=O)O)CC1. The molecule has 3 rings (SSSR count). The van der Waals surface area contributed by atoms with Crippen molar-refractivity contribution in [3.8, 4) is 5.75 Å². The summed E-state index contributed by atoms with van der Waals surface area (Å²) in [6.07, 6.45) is 4.09. The monoisotopic (exact) mass is 329 g/mol. The van der Waals surface area contributed by atoms with Crippen LogP contribution in [0.25, 0.3) is 0 Å². The molecule has 128 valence electrons. The third-order valence-electron chi connectivity index (χ3n) is 4.65. The molecule has 0 unspecified atom stereocenters. The van der Waals surface area contributed by atoms with Gasteiger partial charge in [-0.05, 0) is 44.1 Å². The lowest BCUT2D eigenvalue weighted by atomic mass is 9.93. The number of benzene rings is 1. The van der Waals surface area contributed by atoms with Crippen molar-refractivity contribution in [2.45, 2.75) is 18.8 Å². The molecule has 1 fully saturated rings. The largest absolute Gasteiger partial charge is 0.491 e. The van der Waals surface area contributed by atoms with E-state index in [1.165, 1.54) is 5.69 Å². The van der Waals surface area contributed by atoms with E-state index in [2.05, 4.69) is 16.1 Å². The summed E-state index contributed by atoms with van der Waals surface area (Å²) in [5.74, 6) is 0.0553. The summed E-state index contributed by atoms with van der Waals surface area (Å²) in [6, 6.07) is 8.88. The maximum atomic E-state index is 11.2. The fourth-order valence-electron chi connectivity index (χ4n) is 3.29. The number of nitrogens with zero attached hydrogens (tertiary/aromatic N) is 3. The molecule has 1 aliphatic rings. The Morgan fingerprint density at radius 3 is 2.71 bits per heavy atom. The van der Waals surface area contributed by atoms with Crippen LogP contribution >= 0.6 is 0 Å². The summed E-state index contributed by atoms with van der Waals surface area (Å²) in [7, 11) is 2.00. The van der Waals surface area contributed by atoms with Gasteiger partial charge in [0.1, 0.15) is 17.9 Å². The van der Waals surface area contributed by atoms with Gasteiger partial charge >= 0.3 is 5.97 Å². The number of aromatic nitrogens is 2. The zero-order chi connectivity index (χ0) is 16.9. The predicted octanol–water partition coefficient (Wildman–Crippen LogP) is 2.38. The number of aryl methyl sites for hydroxylation is 1. The summed E-state index contributed by atoms with van der Waals surface area (Å²) in [5, 5.41) is 13.4. The second kappa shape index (κ2) is 7.49. The van der Waals surface area contributed by atoms with Crippen molar-refractivity contribution in [1.82, 2.24) is 14.7 Å². The number of hydrogen-bond donors (Lipinski definition) is 1. The third kappa shape index (κ3) is 3.76. The average Bonchev–Trinajstić information content (AvgIpc) is 3.02. The van der Waals surface area contributed by atoms with Crippen molar-refractivity contribution >= 4 is 5.97 Å². The number of carboxylic acid groups (broad SMARTS) is 1. The fraction of sp³-hybridized carbons (Fsp3) is 0.444. The van der Waals surface area contributed by atoms with E-state index in [1.54, 1.807) is 24.3 Å². The quantitative estimate of drug-likeness (QED) is 0.881. The van der Waals surface area contributed by atoms with E-state index in [1.807, 2.05) is 17.9 Å². The number of aromatic carboxylic acids is 1. The number of likely N-dealkylation sites (tertiary alicyclic amines) is 1. The highest BCUT2D eigenvalue weighted by atomic mass is 16.5. The van der Waals surface area contributed by atoms with Crippen molar-refractivity contribution in [2.75, 3.05) is 26.2 Å². The van der Waals surface area contributed by atoms with Crippen LogP contribution in [0.3, 0.4) is 0 Å². The molecule has 24 heavy (non-hydrogen) atoms. The van der Waals surface area contributed by atoms with Gasteiger partial charge in [0.15, 0.2) is 0 Å². The lowest BCUT2D eigenvalue weighted by molar-refractivity contribution is 0.0691. The van der Waals surface area contributed by atoms with E-state index in [9.17, 15) is 4.79 Å². The van der Waals surface area contributed by atoms with E-state index in [4.69, 9.17) is 9.84 Å². The van der Waals surface area contributed by atoms with Crippen LogP contribution in [0.4, 0.5) is 0 Å². The van der Waals surface area contributed by atoms with E-state index in [0.717, 1.165) is 32.5 Å². The Labute approximate surface area is 141 Å². The molecule has 1 aliphatic heterocycles. The minimum atomic E-state index is -0.956. The van der Waals surface area contributed by atoms with Gasteiger partial charge in [-0.3, -0.25) is 9.58 Å². The molecule has 1 aromatic carbocycles. The Balaban J connectivity index is 1.46. The number of carboxylic acids is 1. The van der Waals surface area contributed by atoms with Crippen LogP contribution in [-0.4, -0.2) is 52.0 Å². The fourth-order valence-corrected chi connectivity index (χ4v) is 3.29. The first kappa shape index (κ1) is 16.5. The van der Waals surface area contributed by atoms with Gasteiger partial charge in [-0.25, -0.2) is 4.79 Å². The topological polar surface area (TPSA) is 67.6 Å². The molecule has 1 N–H and O–H groups in total. The molecule has 0 amide bonds. The number of hydrogen-bond acceptors (Lipinski definition) is 4. The maximum Gasteiger partial charge on any atom is 0.339 e. The highest BCUT2D eigenvalue weighted by Gasteiger charge is 2.22. The van der Waals surface area contributed by atoms with Crippen molar-refractivity contribution in [2.24, 2.45) is 7.05 Å². The Kier molecular flexibility index (Phi) is 5.15. The molecule has 0 spiro atoms. The van der Waals surface area contributed by atoms with Gasteiger partial charge in [-0.2, -0.15) is 5.10 Å². The molecular formula is C18H23N3O3. The minimum absolute atomic E-state index is 0.215. The maximum absolute atomic E-state index is 11.2. The van der Waals surface area contributed by atoms with Gasteiger partial charge in [0, 0.05) is 31.4 Å². The van der Waals surface area contributed by atoms with Crippen LogP contribution in [0, 0.1) is 0 Å². The van der Waals surface area contributed by atoms with Crippen molar-refractivity contribution in [3.05, 3.63) is 47.8 Å². The second-order valence-electron chi connectivity index (χ2n) is 6.15. The molecule has 1 saturated heterocycles. The zero-order valence-electron chi connectivity index (χ0n) is 13.9. The summed E-state index contributed by atoms with van der Waals surface area (Å²) in [4.78, 5) is 13.5. The van der Waals surface area contributed by atoms with Crippen LogP contribution in [0.5, 0.6) is 5.75 Å². The van der Waals surface area contributed by atoms with Gasteiger partial charge < -0.3 is 9.84 Å². The van der Waals surface area contributed by atoms with Crippen LogP contribution in [0.1, 0.15) is 34.8 Å². The number of piperidine rings is 1. The van der Waals surface area contributed by atoms with Crippen molar-refractivity contribution < 1.29 is 14.6 Å². The molecule has 0 bridgehead atoms. The third-order valence-corrected chi connectivity index (χ3v) is 4.65. The molecule has 1 aromatic heterocycles. The van der Waals surface area contributed by atoms with Gasteiger partial charge in [-0.1, -0.05) is 12.1 Å². The average molecular weight is 329 g/mol. The first-order valence-corrected chi connectivity index (χ1v) is 8.30. The van der Waals surface area contributed by atoms with Gasteiger partial charge in [0.05, 0.1) is 0 Å². The molecule has 6 heteroatoms. The van der Waals surface area contributed by atoms with Crippen LogP contribution in [0.2, 0.25) is 0 Å². The lowest BCUT2D eigenvalue weighted by Crippen LogP contribution is -2.36. The summed E-state index contributed by atoms with van der Waals surface area (Å²) in [5.41, 5.74) is 1.52. The standard InChI is InChI=1S/C18H23N3O3/c1-20-16(6-9-19-20)14-7-10-21(11-8-14)12-13-24-17-5-3-2-4-15(17)18(22)23/h2-6,9,14H,7-8,10-13H2,1H3,(H,22,23). The lowest BCUT2D eigenvalue weighted by Gasteiger charge is -2.31. The van der Waals surface area contributed by atoms with Crippen molar-refractivity contribution in [3.63, 3.8) is 0 Å². The number of para-hydroxylation sites is 1. The molecule has 2 aromatic rings. The molecule has 2 heterocycles. The van der Waals surface area contributed by atoms with Crippen LogP contribution in [0.15, 0.2) is 36.5 Å². The highest BCUT2D eigenvalue weighted by molar-refractivity contribution is 5.90. The number of ether oxygens (including phenoxy) is 1. The summed E-state index contributed by atoms with van der Waals surface area (Å²) in [6.45, 7) is 3.37. The first-order valence-electron chi connectivity index (χ1n) is 8.30. The normalized spacial score (nSPS) is 16.2. The van der Waals surface area contributed by atoms with E-state index >= 15 is 0 Å². The van der Waals surface area contributed by atoms with Crippen LogP contribution < -0.4 is 4.74 Å². The Morgan fingerprint density at radius 2 is 2.04 bits per heavy atom. The molecule has 0 saturated carbocycles. The number of carbonyl (C=O) groups is 1. The molecule has 0 aliphatic carbocycles. The van der Waals surface area contributed by atoms with Gasteiger partial charge in [0.25, 0.3) is 0 Å². The van der Waals surface area contributed by atoms with E-state index in [-0.39, 0.29) is 5.56 Å². The first-order chi connectivity index (χ1) is 11.6. The summed E-state index contributed by atoms with van der Waals surface area (Å²) < 4.78 is 7.65.